The number of likely N-dealkylation sites (N-methyl/N-ethyl adjacent to an activating group) is 1. The Kier molecular flexibility index (Phi) is 9.04. The molecule has 1 fully saturated rings. The Labute approximate surface area is 348 Å². The Morgan fingerprint density at radius 2 is 1.23 bits per heavy atom. The van der Waals surface area contributed by atoms with E-state index in [-0.39, 0.29) is 34.9 Å². The minimum absolute atomic E-state index is 0.0717. The zero-order valence-electron chi connectivity index (χ0n) is 33.2. The van der Waals surface area contributed by atoms with Crippen LogP contribution in [0.4, 0.5) is 15.8 Å². The van der Waals surface area contributed by atoms with Crippen molar-refractivity contribution in [3.63, 3.8) is 0 Å². The van der Waals surface area contributed by atoms with Crippen molar-refractivity contribution in [2.24, 2.45) is 0 Å². The highest BCUT2D eigenvalue weighted by molar-refractivity contribution is 5.98. The van der Waals surface area contributed by atoms with E-state index in [1.807, 2.05) is 48.5 Å². The van der Waals surface area contributed by atoms with E-state index in [1.165, 1.54) is 12.1 Å². The first kappa shape index (κ1) is 37.0. The molecule has 5 atom stereocenters. The standard InChI is InChI=1S/C47H41FN10O3/c1-57-21-23-58(24-22-57)35(26-13-15-28(16-14-26)41-37(27-7-3-2-4-8-27)43-38-31(45(59)54-52-43)9-5-11-33(38)49-41)25-36-51-56-47(61-36)40-42(29-17-19-30(48)20-18-29)50-34-12-6-10-32-39(34)44(40)53-55-46(32)60/h2-20,35,37,40-42,49-50H,21-25H2,1H3,(H,54,59)(H,55,60). The van der Waals surface area contributed by atoms with Crippen LogP contribution in [0.25, 0.3) is 21.5 Å². The zero-order valence-corrected chi connectivity index (χ0v) is 33.2. The first-order valence-electron chi connectivity index (χ1n) is 20.6. The summed E-state index contributed by atoms with van der Waals surface area (Å²) in [6, 6.07) is 36.0. The summed E-state index contributed by atoms with van der Waals surface area (Å²) in [6.07, 6.45) is 0.462. The fourth-order valence-corrected chi connectivity index (χ4v) is 9.65. The molecule has 5 aromatic carbocycles. The van der Waals surface area contributed by atoms with Crippen molar-refractivity contribution in [2.75, 3.05) is 43.9 Å². The van der Waals surface area contributed by atoms with Crippen LogP contribution < -0.4 is 21.8 Å². The third-order valence-electron chi connectivity index (χ3n) is 12.7. The summed E-state index contributed by atoms with van der Waals surface area (Å²) in [5.74, 6) is -0.257. The van der Waals surface area contributed by atoms with Gasteiger partial charge in [0.05, 0.1) is 40.2 Å². The molecular weight excluding hydrogens is 772 g/mol. The zero-order chi connectivity index (χ0) is 41.2. The van der Waals surface area contributed by atoms with Gasteiger partial charge < -0.3 is 20.0 Å². The average Bonchev–Trinajstić information content (AvgIpc) is 3.76. The highest BCUT2D eigenvalue weighted by Gasteiger charge is 2.39. The summed E-state index contributed by atoms with van der Waals surface area (Å²) in [5, 5.41) is 34.0. The number of aromatic nitrogens is 6. The maximum Gasteiger partial charge on any atom is 0.272 e. The number of H-pyrrole nitrogens is 2. The van der Waals surface area contributed by atoms with Crippen LogP contribution in [-0.4, -0.2) is 73.6 Å². The molecule has 6 heterocycles. The number of hydrogen-bond acceptors (Lipinski definition) is 11. The molecule has 0 radical (unpaired) electrons. The summed E-state index contributed by atoms with van der Waals surface area (Å²) in [5.41, 5.74) is 6.67. The molecule has 14 heteroatoms. The van der Waals surface area contributed by atoms with Gasteiger partial charge in [0.1, 0.15) is 11.7 Å². The fourth-order valence-electron chi connectivity index (χ4n) is 9.65. The molecule has 13 nitrogen and oxygen atoms in total. The van der Waals surface area contributed by atoms with Crippen molar-refractivity contribution < 1.29 is 8.81 Å². The monoisotopic (exact) mass is 812 g/mol. The number of benzene rings is 5. The van der Waals surface area contributed by atoms with E-state index in [9.17, 15) is 14.0 Å². The van der Waals surface area contributed by atoms with Crippen LogP contribution in [0.5, 0.6) is 0 Å². The molecule has 0 spiro atoms. The number of halogens is 1. The minimum Gasteiger partial charge on any atom is -0.424 e. The molecule has 8 aromatic rings. The molecule has 11 rings (SSSR count). The molecular formula is C47H41FN10O3. The third kappa shape index (κ3) is 6.46. The molecule has 304 valence electrons. The van der Waals surface area contributed by atoms with E-state index in [0.29, 0.717) is 40.1 Å². The van der Waals surface area contributed by atoms with Gasteiger partial charge in [0.25, 0.3) is 11.1 Å². The average molecular weight is 813 g/mol. The lowest BCUT2D eigenvalue weighted by molar-refractivity contribution is 0.107. The largest absolute Gasteiger partial charge is 0.424 e. The number of rotatable bonds is 8. The molecule has 3 aliphatic rings. The molecule has 4 N–H and O–H groups in total. The topological polar surface area (TPSA) is 161 Å². The van der Waals surface area contributed by atoms with Crippen LogP contribution in [0.1, 0.15) is 75.4 Å². The Morgan fingerprint density at radius 1 is 0.656 bits per heavy atom. The third-order valence-corrected chi connectivity index (χ3v) is 12.7. The van der Waals surface area contributed by atoms with Crippen molar-refractivity contribution in [1.29, 1.82) is 0 Å². The van der Waals surface area contributed by atoms with Crippen LogP contribution >= 0.6 is 0 Å². The highest BCUT2D eigenvalue weighted by Crippen LogP contribution is 2.48. The Balaban J connectivity index is 0.949. The molecule has 0 saturated carbocycles. The van der Waals surface area contributed by atoms with Gasteiger partial charge in [0, 0.05) is 60.8 Å². The molecule has 3 aromatic heterocycles. The van der Waals surface area contributed by atoms with Crippen molar-refractivity contribution in [2.45, 2.75) is 36.4 Å². The minimum atomic E-state index is -0.578. The maximum atomic E-state index is 14.2. The van der Waals surface area contributed by atoms with Gasteiger partial charge in [0.15, 0.2) is 0 Å². The molecule has 0 amide bonds. The van der Waals surface area contributed by atoms with E-state index >= 15 is 0 Å². The Hall–Kier alpha value is -7.03. The van der Waals surface area contributed by atoms with E-state index in [0.717, 1.165) is 70.9 Å². The molecule has 0 bridgehead atoms. The lowest BCUT2D eigenvalue weighted by atomic mass is 9.80. The number of piperazine rings is 1. The Morgan fingerprint density at radius 3 is 1.85 bits per heavy atom. The quantitative estimate of drug-likeness (QED) is 0.128. The smallest absolute Gasteiger partial charge is 0.272 e. The van der Waals surface area contributed by atoms with Gasteiger partial charge in [-0.15, -0.1) is 10.2 Å². The second kappa shape index (κ2) is 14.9. The van der Waals surface area contributed by atoms with Crippen molar-refractivity contribution in [3.8, 4) is 0 Å². The predicted octanol–water partition coefficient (Wildman–Crippen LogP) is 6.81. The SMILES string of the molecule is CN1CCN(C(Cc2nnc(C3c4n[nH]c(=O)c5cccc(c45)NC3c3ccc(F)cc3)o2)c2ccc(C3Nc4cccc5c(=O)[nH]nc(c45)C3c3ccccc3)cc2)CC1. The highest BCUT2D eigenvalue weighted by atomic mass is 19.1. The predicted molar refractivity (Wildman–Crippen MR) is 230 cm³/mol. The maximum absolute atomic E-state index is 14.2. The molecule has 0 aliphatic carbocycles. The number of hydrogen-bond donors (Lipinski definition) is 4. The van der Waals surface area contributed by atoms with Crippen LogP contribution in [0.3, 0.4) is 0 Å². The fraction of sp³-hybridized carbons (Fsp3) is 0.234. The summed E-state index contributed by atoms with van der Waals surface area (Å²) < 4.78 is 20.8. The first-order chi connectivity index (χ1) is 29.9. The van der Waals surface area contributed by atoms with E-state index in [2.05, 4.69) is 94.5 Å². The van der Waals surface area contributed by atoms with Gasteiger partial charge in [0.2, 0.25) is 11.8 Å². The number of nitrogens with zero attached hydrogens (tertiary/aromatic N) is 6. The summed E-state index contributed by atoms with van der Waals surface area (Å²) >= 11 is 0. The second-order valence-electron chi connectivity index (χ2n) is 16.3. The van der Waals surface area contributed by atoms with Gasteiger partial charge in [-0.3, -0.25) is 14.5 Å². The normalized spacial score (nSPS) is 20.6. The first-order valence-corrected chi connectivity index (χ1v) is 20.6. The van der Waals surface area contributed by atoms with Gasteiger partial charge in [-0.2, -0.15) is 10.2 Å². The van der Waals surface area contributed by atoms with Crippen molar-refractivity contribution in [1.82, 2.24) is 40.4 Å². The summed E-state index contributed by atoms with van der Waals surface area (Å²) in [4.78, 5) is 30.6. The molecule has 3 aliphatic heterocycles. The van der Waals surface area contributed by atoms with Gasteiger partial charge in [-0.25, -0.2) is 14.6 Å². The van der Waals surface area contributed by atoms with E-state index in [1.54, 1.807) is 18.2 Å². The van der Waals surface area contributed by atoms with Crippen LogP contribution in [0.2, 0.25) is 0 Å². The van der Waals surface area contributed by atoms with Gasteiger partial charge in [-0.1, -0.05) is 78.9 Å². The van der Waals surface area contributed by atoms with E-state index in [4.69, 9.17) is 4.42 Å². The van der Waals surface area contributed by atoms with Gasteiger partial charge in [-0.05, 0) is 65.7 Å². The number of anilines is 2. The van der Waals surface area contributed by atoms with Crippen molar-refractivity contribution >= 4 is 32.9 Å². The van der Waals surface area contributed by atoms with Crippen LogP contribution in [0, 0.1) is 5.82 Å². The van der Waals surface area contributed by atoms with Crippen molar-refractivity contribution in [3.05, 3.63) is 187 Å². The number of aromatic amines is 2. The van der Waals surface area contributed by atoms with Gasteiger partial charge >= 0.3 is 0 Å². The number of nitrogens with one attached hydrogen (secondary N) is 4. The molecule has 61 heavy (non-hydrogen) atoms. The Bertz CT molecular complexity index is 3040. The molecule has 1 saturated heterocycles. The van der Waals surface area contributed by atoms with E-state index < -0.39 is 12.0 Å². The molecule has 5 unspecified atom stereocenters. The van der Waals surface area contributed by atoms with Crippen LogP contribution in [0.15, 0.2) is 129 Å². The summed E-state index contributed by atoms with van der Waals surface area (Å²) in [6.45, 7) is 3.58. The lowest BCUT2D eigenvalue weighted by Crippen LogP contribution is -2.46. The summed E-state index contributed by atoms with van der Waals surface area (Å²) in [7, 11) is 2.14. The van der Waals surface area contributed by atoms with Crippen LogP contribution in [-0.2, 0) is 6.42 Å². The second-order valence-corrected chi connectivity index (χ2v) is 16.3. The lowest BCUT2D eigenvalue weighted by Gasteiger charge is -2.38.